The highest BCUT2D eigenvalue weighted by Gasteiger charge is 2.39. The first kappa shape index (κ1) is 12.9. The van der Waals surface area contributed by atoms with Crippen molar-refractivity contribution in [3.05, 3.63) is 30.3 Å². The summed E-state index contributed by atoms with van der Waals surface area (Å²) in [6, 6.07) is 8.55. The van der Waals surface area contributed by atoms with E-state index in [-0.39, 0.29) is 24.5 Å². The molecule has 0 bridgehead atoms. The highest BCUT2D eigenvalue weighted by Crippen LogP contribution is 2.10. The van der Waals surface area contributed by atoms with Crippen LogP contribution in [0.1, 0.15) is 0 Å². The number of carbonyl (C=O) groups is 2. The van der Waals surface area contributed by atoms with Crippen molar-refractivity contribution in [1.29, 1.82) is 0 Å². The average Bonchev–Trinajstić information content (AvgIpc) is 2.41. The number of para-hydroxylation sites is 1. The van der Waals surface area contributed by atoms with Gasteiger partial charge >= 0.3 is 0 Å². The zero-order valence-electron chi connectivity index (χ0n) is 9.56. The third-order valence-electron chi connectivity index (χ3n) is 2.61. The van der Waals surface area contributed by atoms with Gasteiger partial charge in [-0.15, -0.1) is 0 Å². The maximum atomic E-state index is 11.6. The molecule has 0 aliphatic carbocycles. The maximum absolute atomic E-state index is 11.6. The zero-order chi connectivity index (χ0) is 13.0. The molecule has 1 aromatic rings. The standard InChI is InChI=1S/C12H13BrN2O3/c13-6-9-11(12(17)14-9)15-10(16)7-18-8-4-2-1-3-5-8/h1-5,9,11H,6-7H2,(H,14,17)(H,15,16)/t9-,11+/m1/s1. The number of ether oxygens (including phenoxy) is 1. The fraction of sp³-hybridized carbons (Fsp3) is 0.333. The molecule has 96 valence electrons. The first-order chi connectivity index (χ1) is 8.70. The SMILES string of the molecule is O=C(COc1ccccc1)N[C@@H]1C(=O)N[C@@H]1CBr. The molecule has 1 saturated heterocycles. The van der Waals surface area contributed by atoms with E-state index in [2.05, 4.69) is 26.6 Å². The van der Waals surface area contributed by atoms with Gasteiger partial charge in [0.05, 0.1) is 6.04 Å². The average molecular weight is 313 g/mol. The summed E-state index contributed by atoms with van der Waals surface area (Å²) in [6.45, 7) is -0.0944. The van der Waals surface area contributed by atoms with Crippen molar-refractivity contribution in [2.75, 3.05) is 11.9 Å². The van der Waals surface area contributed by atoms with E-state index in [1.807, 2.05) is 18.2 Å². The van der Waals surface area contributed by atoms with Gasteiger partial charge in [0.25, 0.3) is 5.91 Å². The van der Waals surface area contributed by atoms with Crippen LogP contribution in [0.25, 0.3) is 0 Å². The molecular formula is C12H13BrN2O3. The third-order valence-corrected chi connectivity index (χ3v) is 3.31. The van der Waals surface area contributed by atoms with E-state index < -0.39 is 6.04 Å². The largest absolute Gasteiger partial charge is 0.484 e. The highest BCUT2D eigenvalue weighted by molar-refractivity contribution is 9.09. The van der Waals surface area contributed by atoms with Crippen LogP contribution in [-0.2, 0) is 9.59 Å². The predicted octanol–water partition coefficient (Wildman–Crippen LogP) is 0.444. The van der Waals surface area contributed by atoms with Crippen LogP contribution in [0.15, 0.2) is 30.3 Å². The number of amides is 2. The summed E-state index contributed by atoms with van der Waals surface area (Å²) in [5.74, 6) is 0.167. The number of alkyl halides is 1. The molecule has 6 heteroatoms. The van der Waals surface area contributed by atoms with E-state index in [0.29, 0.717) is 11.1 Å². The van der Waals surface area contributed by atoms with E-state index in [1.165, 1.54) is 0 Å². The molecule has 1 aliphatic rings. The lowest BCUT2D eigenvalue weighted by Gasteiger charge is -2.35. The number of nitrogens with one attached hydrogen (secondary N) is 2. The molecule has 0 saturated carbocycles. The molecule has 2 atom stereocenters. The van der Waals surface area contributed by atoms with Crippen molar-refractivity contribution in [1.82, 2.24) is 10.6 Å². The van der Waals surface area contributed by atoms with Gasteiger partial charge < -0.3 is 15.4 Å². The summed E-state index contributed by atoms with van der Waals surface area (Å²) in [4.78, 5) is 22.8. The second-order valence-corrected chi connectivity index (χ2v) is 4.56. The second kappa shape index (κ2) is 5.86. The van der Waals surface area contributed by atoms with Gasteiger partial charge in [-0.05, 0) is 12.1 Å². The molecule has 1 heterocycles. The monoisotopic (exact) mass is 312 g/mol. The first-order valence-corrected chi connectivity index (χ1v) is 6.66. The summed E-state index contributed by atoms with van der Waals surface area (Å²) in [7, 11) is 0. The number of benzene rings is 1. The lowest BCUT2D eigenvalue weighted by Crippen LogP contribution is -2.70. The van der Waals surface area contributed by atoms with Gasteiger partial charge in [-0.1, -0.05) is 34.1 Å². The van der Waals surface area contributed by atoms with Gasteiger partial charge in [-0.3, -0.25) is 9.59 Å². The Kier molecular flexibility index (Phi) is 4.19. The van der Waals surface area contributed by atoms with Crippen LogP contribution in [0.5, 0.6) is 5.75 Å². The first-order valence-electron chi connectivity index (χ1n) is 5.54. The minimum atomic E-state index is -0.462. The van der Waals surface area contributed by atoms with Gasteiger partial charge in [0.2, 0.25) is 5.91 Å². The number of halogens is 1. The van der Waals surface area contributed by atoms with Crippen LogP contribution in [0.3, 0.4) is 0 Å². The van der Waals surface area contributed by atoms with Crippen molar-refractivity contribution >= 4 is 27.7 Å². The Morgan fingerprint density at radius 1 is 1.39 bits per heavy atom. The van der Waals surface area contributed by atoms with E-state index in [4.69, 9.17) is 4.74 Å². The zero-order valence-corrected chi connectivity index (χ0v) is 11.1. The van der Waals surface area contributed by atoms with Crippen LogP contribution in [-0.4, -0.2) is 35.8 Å². The number of hydrogen-bond acceptors (Lipinski definition) is 3. The summed E-state index contributed by atoms with van der Waals surface area (Å²) < 4.78 is 5.29. The molecule has 5 nitrogen and oxygen atoms in total. The number of rotatable bonds is 5. The van der Waals surface area contributed by atoms with E-state index in [0.717, 1.165) is 0 Å². The summed E-state index contributed by atoms with van der Waals surface area (Å²) >= 11 is 3.26. The Morgan fingerprint density at radius 3 is 2.72 bits per heavy atom. The molecule has 1 aromatic carbocycles. The number of carbonyl (C=O) groups excluding carboxylic acids is 2. The van der Waals surface area contributed by atoms with Crippen LogP contribution >= 0.6 is 15.9 Å². The van der Waals surface area contributed by atoms with Crippen molar-refractivity contribution in [3.63, 3.8) is 0 Å². The summed E-state index contributed by atoms with van der Waals surface area (Å²) in [6.07, 6.45) is 0. The molecule has 18 heavy (non-hydrogen) atoms. The highest BCUT2D eigenvalue weighted by atomic mass is 79.9. The fourth-order valence-electron chi connectivity index (χ4n) is 1.62. The Morgan fingerprint density at radius 2 is 2.11 bits per heavy atom. The van der Waals surface area contributed by atoms with Crippen LogP contribution in [0.4, 0.5) is 0 Å². The molecule has 1 fully saturated rings. The quantitative estimate of drug-likeness (QED) is 0.612. The topological polar surface area (TPSA) is 67.4 Å². The van der Waals surface area contributed by atoms with Gasteiger partial charge in [0.1, 0.15) is 11.8 Å². The smallest absolute Gasteiger partial charge is 0.258 e. The van der Waals surface area contributed by atoms with Gasteiger partial charge in [0.15, 0.2) is 6.61 Å². The molecule has 0 unspecified atom stereocenters. The van der Waals surface area contributed by atoms with E-state index in [9.17, 15) is 9.59 Å². The van der Waals surface area contributed by atoms with Crippen LogP contribution in [0, 0.1) is 0 Å². The number of β-lactam (4-membered cyclic amide) rings is 1. The van der Waals surface area contributed by atoms with Crippen molar-refractivity contribution in [2.45, 2.75) is 12.1 Å². The molecule has 0 radical (unpaired) electrons. The number of hydrogen-bond donors (Lipinski definition) is 2. The molecule has 0 aromatic heterocycles. The van der Waals surface area contributed by atoms with E-state index in [1.54, 1.807) is 12.1 Å². The Hall–Kier alpha value is -1.56. The molecule has 2 amide bonds. The van der Waals surface area contributed by atoms with Gasteiger partial charge in [-0.25, -0.2) is 0 Å². The Bertz CT molecular complexity index is 438. The third kappa shape index (κ3) is 3.01. The van der Waals surface area contributed by atoms with Crippen LogP contribution < -0.4 is 15.4 Å². The second-order valence-electron chi connectivity index (χ2n) is 3.92. The molecule has 2 N–H and O–H groups in total. The normalized spacial score (nSPS) is 21.7. The summed E-state index contributed by atoms with van der Waals surface area (Å²) in [5, 5.41) is 5.93. The minimum Gasteiger partial charge on any atom is -0.484 e. The van der Waals surface area contributed by atoms with Gasteiger partial charge in [-0.2, -0.15) is 0 Å². The molecular weight excluding hydrogens is 300 g/mol. The van der Waals surface area contributed by atoms with Crippen molar-refractivity contribution in [2.24, 2.45) is 0 Å². The lowest BCUT2D eigenvalue weighted by molar-refractivity contribution is -0.136. The van der Waals surface area contributed by atoms with E-state index >= 15 is 0 Å². The molecule has 1 aliphatic heterocycles. The molecule has 0 spiro atoms. The summed E-state index contributed by atoms with van der Waals surface area (Å²) in [5.41, 5.74) is 0. The Balaban J connectivity index is 1.77. The minimum absolute atomic E-state index is 0.0434. The molecule has 2 rings (SSSR count). The van der Waals surface area contributed by atoms with Crippen molar-refractivity contribution < 1.29 is 14.3 Å². The Labute approximate surface area is 113 Å². The lowest BCUT2D eigenvalue weighted by atomic mass is 10.0. The van der Waals surface area contributed by atoms with Crippen molar-refractivity contribution in [3.8, 4) is 5.75 Å². The maximum Gasteiger partial charge on any atom is 0.258 e. The predicted molar refractivity (Wildman–Crippen MR) is 69.6 cm³/mol. The van der Waals surface area contributed by atoms with Gasteiger partial charge in [0, 0.05) is 5.33 Å². The van der Waals surface area contributed by atoms with Crippen LogP contribution in [0.2, 0.25) is 0 Å². The fourth-order valence-corrected chi connectivity index (χ4v) is 2.15.